The summed E-state index contributed by atoms with van der Waals surface area (Å²) in [4.78, 5) is 14.3. The number of nitrogen functional groups attached to an aromatic ring is 1. The Bertz CT molecular complexity index is 632. The van der Waals surface area contributed by atoms with Gasteiger partial charge in [-0.2, -0.15) is 5.10 Å². The van der Waals surface area contributed by atoms with E-state index < -0.39 is 0 Å². The van der Waals surface area contributed by atoms with E-state index in [0.29, 0.717) is 17.9 Å². The topological polar surface area (TPSA) is 64.2 Å². The Balaban J connectivity index is 2.00. The normalized spacial score (nSPS) is 14.3. The predicted molar refractivity (Wildman–Crippen MR) is 74.1 cm³/mol. The molecule has 2 aromatic rings. The van der Waals surface area contributed by atoms with Gasteiger partial charge in [-0.3, -0.25) is 9.48 Å². The number of amides is 1. The number of aryl methyl sites for hydroxylation is 2. The number of hydrogen-bond donors (Lipinski definition) is 1. The van der Waals surface area contributed by atoms with E-state index in [1.807, 2.05) is 18.2 Å². The Morgan fingerprint density at radius 3 is 2.89 bits per heavy atom. The number of nitrogens with two attached hydrogens (primary N) is 1. The number of hydrogen-bond acceptors (Lipinski definition) is 3. The Labute approximate surface area is 111 Å². The lowest BCUT2D eigenvalue weighted by Crippen LogP contribution is -2.36. The zero-order chi connectivity index (χ0) is 13.4. The quantitative estimate of drug-likeness (QED) is 0.842. The summed E-state index contributed by atoms with van der Waals surface area (Å²) in [6, 6.07) is 8.00. The van der Waals surface area contributed by atoms with Crippen LogP contribution < -0.4 is 10.6 Å². The molecule has 98 valence electrons. The number of fused-ring (bicyclic) bond motifs is 1. The summed E-state index contributed by atoms with van der Waals surface area (Å²) in [6.07, 6.45) is 3.64. The van der Waals surface area contributed by atoms with Crippen LogP contribution in [0.15, 0.2) is 30.5 Å². The highest BCUT2D eigenvalue weighted by molar-refractivity contribution is 6.08. The molecule has 1 aliphatic rings. The van der Waals surface area contributed by atoms with E-state index >= 15 is 0 Å². The second-order valence-corrected chi connectivity index (χ2v) is 4.80. The summed E-state index contributed by atoms with van der Waals surface area (Å²) >= 11 is 0. The molecular formula is C14H16N4O. The Kier molecular flexibility index (Phi) is 2.74. The minimum atomic E-state index is -0.120. The smallest absolute Gasteiger partial charge is 0.280 e. The number of nitrogens with zero attached hydrogens (tertiary/aromatic N) is 3. The van der Waals surface area contributed by atoms with Gasteiger partial charge in [0.15, 0.2) is 5.69 Å². The number of anilines is 2. The maximum atomic E-state index is 12.6. The molecule has 0 radical (unpaired) electrons. The Morgan fingerprint density at radius 1 is 1.37 bits per heavy atom. The first kappa shape index (κ1) is 11.8. The first-order valence-corrected chi connectivity index (χ1v) is 6.35. The van der Waals surface area contributed by atoms with Crippen LogP contribution in [0.25, 0.3) is 0 Å². The van der Waals surface area contributed by atoms with Gasteiger partial charge in [-0.25, -0.2) is 0 Å². The molecular weight excluding hydrogens is 240 g/mol. The maximum absolute atomic E-state index is 12.6. The molecule has 1 aromatic heterocycles. The average Bonchev–Trinajstić information content (AvgIpc) is 2.76. The molecule has 1 aliphatic heterocycles. The molecule has 1 aromatic carbocycles. The summed E-state index contributed by atoms with van der Waals surface area (Å²) in [7, 11) is 1.76. The lowest BCUT2D eigenvalue weighted by molar-refractivity contribution is 0.0980. The van der Waals surface area contributed by atoms with Crippen LogP contribution in [0.2, 0.25) is 0 Å². The highest BCUT2D eigenvalue weighted by Crippen LogP contribution is 2.28. The van der Waals surface area contributed by atoms with Crippen LogP contribution >= 0.6 is 0 Å². The van der Waals surface area contributed by atoms with Crippen LogP contribution in [-0.4, -0.2) is 22.2 Å². The molecule has 0 unspecified atom stereocenters. The van der Waals surface area contributed by atoms with Crippen molar-refractivity contribution < 1.29 is 4.79 Å². The van der Waals surface area contributed by atoms with Crippen LogP contribution in [0.4, 0.5) is 11.4 Å². The van der Waals surface area contributed by atoms with Crippen molar-refractivity contribution in [3.63, 3.8) is 0 Å². The zero-order valence-electron chi connectivity index (χ0n) is 10.8. The second kappa shape index (κ2) is 4.42. The predicted octanol–water partition coefficient (Wildman–Crippen LogP) is 1.60. The van der Waals surface area contributed by atoms with Crippen LogP contribution in [0.1, 0.15) is 22.5 Å². The average molecular weight is 256 g/mol. The number of rotatable bonds is 1. The van der Waals surface area contributed by atoms with Crippen molar-refractivity contribution in [2.45, 2.75) is 12.8 Å². The first-order valence-electron chi connectivity index (χ1n) is 6.35. The second-order valence-electron chi connectivity index (χ2n) is 4.80. The first-order chi connectivity index (χ1) is 9.16. The molecule has 5 heteroatoms. The van der Waals surface area contributed by atoms with Gasteiger partial charge in [0.1, 0.15) is 0 Å². The molecule has 0 spiro atoms. The standard InChI is InChI=1S/C14H16N4O/c1-17-9-11(15)13(16-17)14(19)18-8-4-6-10-5-2-3-7-12(10)18/h2-3,5,7,9H,4,6,8,15H2,1H3. The molecule has 5 nitrogen and oxygen atoms in total. The van der Waals surface area contributed by atoms with Crippen LogP contribution in [0.3, 0.4) is 0 Å². The van der Waals surface area contributed by atoms with Crippen molar-refractivity contribution in [2.75, 3.05) is 17.2 Å². The van der Waals surface area contributed by atoms with E-state index in [-0.39, 0.29) is 5.91 Å². The number of aromatic nitrogens is 2. The molecule has 0 aliphatic carbocycles. The molecule has 2 heterocycles. The third-order valence-corrected chi connectivity index (χ3v) is 3.42. The van der Waals surface area contributed by atoms with Crippen molar-refractivity contribution in [2.24, 2.45) is 7.05 Å². The number of carbonyl (C=O) groups excluding carboxylic acids is 1. The van der Waals surface area contributed by atoms with Crippen molar-refractivity contribution in [1.82, 2.24) is 9.78 Å². The molecule has 19 heavy (non-hydrogen) atoms. The highest BCUT2D eigenvalue weighted by atomic mass is 16.2. The fourth-order valence-electron chi connectivity index (χ4n) is 2.55. The number of carbonyl (C=O) groups is 1. The summed E-state index contributed by atoms with van der Waals surface area (Å²) < 4.78 is 1.57. The lowest BCUT2D eigenvalue weighted by Gasteiger charge is -2.28. The van der Waals surface area contributed by atoms with Gasteiger partial charge < -0.3 is 10.6 Å². The zero-order valence-corrected chi connectivity index (χ0v) is 10.8. The van der Waals surface area contributed by atoms with Crippen molar-refractivity contribution >= 4 is 17.3 Å². The van der Waals surface area contributed by atoms with Crippen molar-refractivity contribution in [3.05, 3.63) is 41.7 Å². The van der Waals surface area contributed by atoms with E-state index in [2.05, 4.69) is 11.2 Å². The van der Waals surface area contributed by atoms with E-state index in [4.69, 9.17) is 5.73 Å². The molecule has 1 amide bonds. The van der Waals surface area contributed by atoms with Crippen LogP contribution in [-0.2, 0) is 13.5 Å². The SMILES string of the molecule is Cn1cc(N)c(C(=O)N2CCCc3ccccc32)n1. The fourth-order valence-corrected chi connectivity index (χ4v) is 2.55. The van der Waals surface area contributed by atoms with Gasteiger partial charge in [0.2, 0.25) is 0 Å². The third kappa shape index (κ3) is 1.97. The Hall–Kier alpha value is -2.30. The van der Waals surface area contributed by atoms with Crippen molar-refractivity contribution in [3.8, 4) is 0 Å². The third-order valence-electron chi connectivity index (χ3n) is 3.42. The van der Waals surface area contributed by atoms with Crippen LogP contribution in [0.5, 0.6) is 0 Å². The molecule has 2 N–H and O–H groups in total. The van der Waals surface area contributed by atoms with E-state index in [0.717, 1.165) is 18.5 Å². The molecule has 0 saturated heterocycles. The summed E-state index contributed by atoms with van der Waals surface area (Å²) in [5.74, 6) is -0.120. The summed E-state index contributed by atoms with van der Waals surface area (Å²) in [6.45, 7) is 0.714. The number of benzene rings is 1. The maximum Gasteiger partial charge on any atom is 0.280 e. The Morgan fingerprint density at radius 2 is 2.16 bits per heavy atom. The summed E-state index contributed by atoms with van der Waals surface area (Å²) in [5.41, 5.74) is 8.78. The fraction of sp³-hybridized carbons (Fsp3) is 0.286. The van der Waals surface area contributed by atoms with Gasteiger partial charge >= 0.3 is 0 Å². The molecule has 3 rings (SSSR count). The van der Waals surface area contributed by atoms with Crippen LogP contribution in [0, 0.1) is 0 Å². The van der Waals surface area contributed by atoms with E-state index in [9.17, 15) is 4.79 Å². The minimum absolute atomic E-state index is 0.120. The van der Waals surface area contributed by atoms with Gasteiger partial charge in [-0.15, -0.1) is 0 Å². The lowest BCUT2D eigenvalue weighted by atomic mass is 10.0. The van der Waals surface area contributed by atoms with E-state index in [1.165, 1.54) is 5.56 Å². The van der Waals surface area contributed by atoms with E-state index in [1.54, 1.807) is 22.8 Å². The monoisotopic (exact) mass is 256 g/mol. The number of para-hydroxylation sites is 1. The molecule has 0 atom stereocenters. The van der Waals surface area contributed by atoms with Gasteiger partial charge in [0, 0.05) is 25.5 Å². The summed E-state index contributed by atoms with van der Waals surface area (Å²) in [5, 5.41) is 4.16. The molecule has 0 bridgehead atoms. The largest absolute Gasteiger partial charge is 0.396 e. The van der Waals surface area contributed by atoms with Crippen molar-refractivity contribution in [1.29, 1.82) is 0 Å². The molecule has 0 fully saturated rings. The van der Waals surface area contributed by atoms with Gasteiger partial charge in [-0.1, -0.05) is 18.2 Å². The van der Waals surface area contributed by atoms with Gasteiger partial charge in [0.25, 0.3) is 5.91 Å². The minimum Gasteiger partial charge on any atom is -0.396 e. The van der Waals surface area contributed by atoms with Gasteiger partial charge in [-0.05, 0) is 24.5 Å². The highest BCUT2D eigenvalue weighted by Gasteiger charge is 2.26. The van der Waals surface area contributed by atoms with Gasteiger partial charge in [0.05, 0.1) is 5.69 Å². The molecule has 0 saturated carbocycles.